The van der Waals surface area contributed by atoms with Crippen molar-refractivity contribution < 1.29 is 14.7 Å². The van der Waals surface area contributed by atoms with Gasteiger partial charge in [0, 0.05) is 16.3 Å². The van der Waals surface area contributed by atoms with Gasteiger partial charge in [-0.2, -0.15) is 0 Å². The Bertz CT molecular complexity index is 580. The summed E-state index contributed by atoms with van der Waals surface area (Å²) in [6.07, 6.45) is 6.63. The summed E-state index contributed by atoms with van der Waals surface area (Å²) < 4.78 is 0. The summed E-state index contributed by atoms with van der Waals surface area (Å²) in [4.78, 5) is 25.4. The fourth-order valence-electron chi connectivity index (χ4n) is 3.57. The van der Waals surface area contributed by atoms with Crippen molar-refractivity contribution in [2.75, 3.05) is 0 Å². The second-order valence-corrected chi connectivity index (χ2v) is 7.36. The topological polar surface area (TPSA) is 66.4 Å². The van der Waals surface area contributed by atoms with Crippen LogP contribution in [0.2, 0.25) is 0 Å². The van der Waals surface area contributed by atoms with Gasteiger partial charge in [-0.15, -0.1) is 11.3 Å². The lowest BCUT2D eigenvalue weighted by Gasteiger charge is -2.27. The van der Waals surface area contributed by atoms with E-state index in [0.29, 0.717) is 6.42 Å². The molecule has 0 aromatic carbocycles. The monoisotopic (exact) mass is 307 g/mol. The van der Waals surface area contributed by atoms with E-state index in [0.717, 1.165) is 37.7 Å². The predicted octanol–water partition coefficient (Wildman–Crippen LogP) is 3.00. The highest BCUT2D eigenvalue weighted by atomic mass is 32.1. The number of carbonyl (C=O) groups is 2. The molecule has 1 aromatic rings. The normalized spacial score (nSPS) is 28.1. The molecule has 1 amide bonds. The van der Waals surface area contributed by atoms with Gasteiger partial charge in [-0.05, 0) is 51.0 Å². The quantitative estimate of drug-likeness (QED) is 0.902. The van der Waals surface area contributed by atoms with Crippen LogP contribution in [0.5, 0.6) is 0 Å². The molecule has 2 aliphatic rings. The van der Waals surface area contributed by atoms with Crippen molar-refractivity contribution in [2.45, 2.75) is 57.9 Å². The highest BCUT2D eigenvalue weighted by molar-refractivity contribution is 7.10. The zero-order chi connectivity index (χ0) is 15.0. The molecule has 0 radical (unpaired) electrons. The second-order valence-electron chi connectivity index (χ2n) is 6.40. The zero-order valence-electron chi connectivity index (χ0n) is 12.3. The number of carbonyl (C=O) groups excluding carboxylic acids is 1. The molecule has 1 saturated carbocycles. The Hall–Kier alpha value is -1.36. The van der Waals surface area contributed by atoms with E-state index < -0.39 is 11.4 Å². The van der Waals surface area contributed by atoms with Gasteiger partial charge in [0.05, 0.1) is 11.0 Å². The Balaban J connectivity index is 1.78. The van der Waals surface area contributed by atoms with E-state index in [1.807, 2.05) is 5.38 Å². The van der Waals surface area contributed by atoms with Crippen molar-refractivity contribution in [3.05, 3.63) is 21.4 Å². The number of hydrogen-bond acceptors (Lipinski definition) is 3. The van der Waals surface area contributed by atoms with E-state index in [9.17, 15) is 14.7 Å². The Labute approximate surface area is 128 Å². The molecule has 4 nitrogen and oxygen atoms in total. The van der Waals surface area contributed by atoms with Gasteiger partial charge in [-0.25, -0.2) is 0 Å². The van der Waals surface area contributed by atoms with Gasteiger partial charge >= 0.3 is 5.97 Å². The number of fused-ring (bicyclic) bond motifs is 1. The molecule has 1 aromatic heterocycles. The van der Waals surface area contributed by atoms with Crippen LogP contribution < -0.4 is 5.32 Å². The number of carboxylic acids is 1. The molecule has 0 spiro atoms. The fraction of sp³-hybridized carbons (Fsp3) is 0.625. The van der Waals surface area contributed by atoms with Crippen LogP contribution in [-0.2, 0) is 17.6 Å². The number of hydrogen-bond donors (Lipinski definition) is 2. The molecule has 2 aliphatic carbocycles. The van der Waals surface area contributed by atoms with Crippen LogP contribution in [0.25, 0.3) is 0 Å². The smallest absolute Gasteiger partial charge is 0.311 e. The summed E-state index contributed by atoms with van der Waals surface area (Å²) >= 11 is 1.67. The molecule has 0 bridgehead atoms. The number of aryl methyl sites for hydroxylation is 1. The fourth-order valence-corrected chi connectivity index (χ4v) is 4.70. The zero-order valence-corrected chi connectivity index (χ0v) is 13.1. The number of nitrogens with one attached hydrogen (secondary N) is 1. The first-order valence-corrected chi connectivity index (χ1v) is 8.54. The minimum atomic E-state index is -0.828. The van der Waals surface area contributed by atoms with Crippen LogP contribution >= 0.6 is 11.3 Å². The first kappa shape index (κ1) is 14.6. The van der Waals surface area contributed by atoms with Gasteiger partial charge in [-0.1, -0.05) is 6.42 Å². The van der Waals surface area contributed by atoms with Crippen LogP contribution in [0.15, 0.2) is 5.38 Å². The molecular formula is C16H21NO3S. The van der Waals surface area contributed by atoms with Crippen molar-refractivity contribution in [1.29, 1.82) is 0 Å². The van der Waals surface area contributed by atoms with E-state index in [2.05, 4.69) is 5.32 Å². The number of carboxylic acid groups (broad SMARTS) is 1. The first-order valence-electron chi connectivity index (χ1n) is 7.66. The van der Waals surface area contributed by atoms with E-state index in [-0.39, 0.29) is 11.9 Å². The average molecular weight is 307 g/mol. The Morgan fingerprint density at radius 1 is 1.33 bits per heavy atom. The molecule has 0 saturated heterocycles. The van der Waals surface area contributed by atoms with Gasteiger partial charge < -0.3 is 10.4 Å². The van der Waals surface area contributed by atoms with Crippen LogP contribution in [0.1, 0.15) is 59.8 Å². The third-order valence-corrected chi connectivity index (χ3v) is 6.15. The van der Waals surface area contributed by atoms with Crippen molar-refractivity contribution >= 4 is 23.2 Å². The van der Waals surface area contributed by atoms with Crippen LogP contribution in [0.4, 0.5) is 0 Å². The highest BCUT2D eigenvalue weighted by Gasteiger charge is 2.46. The summed E-state index contributed by atoms with van der Waals surface area (Å²) in [7, 11) is 0. The maximum Gasteiger partial charge on any atom is 0.311 e. The third kappa shape index (κ3) is 2.48. The highest BCUT2D eigenvalue weighted by Crippen LogP contribution is 2.38. The van der Waals surface area contributed by atoms with Crippen molar-refractivity contribution in [3.8, 4) is 0 Å². The molecule has 2 N–H and O–H groups in total. The number of rotatable bonds is 3. The van der Waals surface area contributed by atoms with Crippen LogP contribution in [0, 0.1) is 5.41 Å². The summed E-state index contributed by atoms with van der Waals surface area (Å²) in [6.45, 7) is 1.75. The summed E-state index contributed by atoms with van der Waals surface area (Å²) in [5, 5.41) is 14.4. The van der Waals surface area contributed by atoms with Gasteiger partial charge in [0.15, 0.2) is 0 Å². The van der Waals surface area contributed by atoms with Crippen LogP contribution in [-0.4, -0.2) is 23.0 Å². The first-order chi connectivity index (χ1) is 10.0. The van der Waals surface area contributed by atoms with Crippen LogP contribution in [0.3, 0.4) is 0 Å². The maximum atomic E-state index is 12.5. The van der Waals surface area contributed by atoms with Crippen molar-refractivity contribution in [3.63, 3.8) is 0 Å². The lowest BCUT2D eigenvalue weighted by molar-refractivity contribution is -0.148. The standard InChI is InChI=1S/C16H21NO3S/c1-16(15(19)20)8-4-7-13(16)17-14(18)11-9-21-12-6-3-2-5-10(11)12/h9,13H,2-8H2,1H3,(H,17,18)(H,19,20). The molecule has 1 heterocycles. The van der Waals surface area contributed by atoms with Gasteiger partial charge in [0.2, 0.25) is 0 Å². The molecule has 21 heavy (non-hydrogen) atoms. The number of thiophene rings is 1. The minimum Gasteiger partial charge on any atom is -0.481 e. The molecule has 1 fully saturated rings. The molecule has 5 heteroatoms. The maximum absolute atomic E-state index is 12.5. The Morgan fingerprint density at radius 2 is 2.10 bits per heavy atom. The number of amides is 1. The molecule has 0 aliphatic heterocycles. The van der Waals surface area contributed by atoms with Crippen molar-refractivity contribution in [1.82, 2.24) is 5.32 Å². The number of aliphatic carboxylic acids is 1. The summed E-state index contributed by atoms with van der Waals surface area (Å²) in [5.74, 6) is -0.897. The molecular weight excluding hydrogens is 286 g/mol. The molecule has 2 atom stereocenters. The second kappa shape index (κ2) is 5.44. The summed E-state index contributed by atoms with van der Waals surface area (Å²) in [5.41, 5.74) is 1.14. The Morgan fingerprint density at radius 3 is 2.86 bits per heavy atom. The molecule has 114 valence electrons. The van der Waals surface area contributed by atoms with Gasteiger partial charge in [0.1, 0.15) is 0 Å². The van der Waals surface area contributed by atoms with Gasteiger partial charge in [-0.3, -0.25) is 9.59 Å². The van der Waals surface area contributed by atoms with E-state index in [1.165, 1.54) is 16.9 Å². The molecule has 3 rings (SSSR count). The van der Waals surface area contributed by atoms with E-state index in [1.54, 1.807) is 18.3 Å². The van der Waals surface area contributed by atoms with E-state index in [4.69, 9.17) is 0 Å². The lowest BCUT2D eigenvalue weighted by atomic mass is 9.84. The average Bonchev–Trinajstić information content (AvgIpc) is 3.04. The van der Waals surface area contributed by atoms with Crippen molar-refractivity contribution in [2.24, 2.45) is 5.41 Å². The minimum absolute atomic E-state index is 0.0891. The lowest BCUT2D eigenvalue weighted by Crippen LogP contribution is -2.47. The molecule has 2 unspecified atom stereocenters. The predicted molar refractivity (Wildman–Crippen MR) is 81.8 cm³/mol. The van der Waals surface area contributed by atoms with Gasteiger partial charge in [0.25, 0.3) is 5.91 Å². The largest absolute Gasteiger partial charge is 0.481 e. The third-order valence-electron chi connectivity index (χ3n) is 5.06. The van der Waals surface area contributed by atoms with E-state index >= 15 is 0 Å². The SMILES string of the molecule is CC1(C(=O)O)CCCC1NC(=O)c1csc2c1CCCC2. The Kier molecular flexibility index (Phi) is 3.78. The summed E-state index contributed by atoms with van der Waals surface area (Å²) in [6, 6.07) is -0.262.